The average molecular weight is 231 g/mol. The van der Waals surface area contributed by atoms with Crippen LogP contribution in [0.4, 0.5) is 5.82 Å². The first-order valence-corrected chi connectivity index (χ1v) is 5.76. The SMILES string of the molecule is CCCc1nc(N)c(C)c(-n2ccnc2C)n1. The molecule has 0 aliphatic rings. The molecule has 0 radical (unpaired) electrons. The van der Waals surface area contributed by atoms with Crippen molar-refractivity contribution in [1.82, 2.24) is 19.5 Å². The third-order valence-electron chi connectivity index (χ3n) is 2.73. The van der Waals surface area contributed by atoms with E-state index in [0.717, 1.165) is 35.9 Å². The summed E-state index contributed by atoms with van der Waals surface area (Å²) in [5, 5.41) is 0. The van der Waals surface area contributed by atoms with Crippen LogP contribution < -0.4 is 5.73 Å². The minimum atomic E-state index is 0.548. The topological polar surface area (TPSA) is 69.6 Å². The third kappa shape index (κ3) is 2.13. The number of hydrogen-bond acceptors (Lipinski definition) is 4. The molecule has 0 amide bonds. The van der Waals surface area contributed by atoms with Crippen molar-refractivity contribution >= 4 is 5.82 Å². The van der Waals surface area contributed by atoms with Gasteiger partial charge in [-0.25, -0.2) is 15.0 Å². The first-order chi connectivity index (χ1) is 8.13. The maximum absolute atomic E-state index is 5.92. The summed E-state index contributed by atoms with van der Waals surface area (Å²) in [6, 6.07) is 0. The minimum absolute atomic E-state index is 0.548. The number of nitrogen functional groups attached to an aromatic ring is 1. The van der Waals surface area contributed by atoms with Crippen molar-refractivity contribution in [2.75, 3.05) is 5.73 Å². The summed E-state index contributed by atoms with van der Waals surface area (Å²) >= 11 is 0. The van der Waals surface area contributed by atoms with Crippen molar-refractivity contribution in [1.29, 1.82) is 0 Å². The van der Waals surface area contributed by atoms with Crippen LogP contribution in [-0.2, 0) is 6.42 Å². The Labute approximate surface area is 101 Å². The molecule has 2 rings (SSSR count). The van der Waals surface area contributed by atoms with Crippen LogP contribution in [0.5, 0.6) is 0 Å². The highest BCUT2D eigenvalue weighted by Gasteiger charge is 2.11. The molecule has 0 saturated heterocycles. The highest BCUT2D eigenvalue weighted by atomic mass is 15.1. The van der Waals surface area contributed by atoms with Gasteiger partial charge in [-0.05, 0) is 20.3 Å². The molecule has 2 aromatic heterocycles. The highest BCUT2D eigenvalue weighted by molar-refractivity contribution is 5.48. The maximum atomic E-state index is 5.92. The van der Waals surface area contributed by atoms with E-state index in [0.29, 0.717) is 5.82 Å². The number of anilines is 1. The molecule has 0 fully saturated rings. The number of nitrogens with zero attached hydrogens (tertiary/aromatic N) is 4. The Bertz CT molecular complexity index is 530. The summed E-state index contributed by atoms with van der Waals surface area (Å²) < 4.78 is 1.94. The average Bonchev–Trinajstić information content (AvgIpc) is 2.70. The quantitative estimate of drug-likeness (QED) is 0.874. The number of imidazole rings is 1. The molecule has 0 bridgehead atoms. The van der Waals surface area contributed by atoms with Gasteiger partial charge in [0.2, 0.25) is 0 Å². The Morgan fingerprint density at radius 2 is 2.06 bits per heavy atom. The molecule has 5 nitrogen and oxygen atoms in total. The van der Waals surface area contributed by atoms with Gasteiger partial charge >= 0.3 is 0 Å². The summed E-state index contributed by atoms with van der Waals surface area (Å²) in [5.41, 5.74) is 6.82. The molecule has 2 N–H and O–H groups in total. The standard InChI is InChI=1S/C12H17N5/c1-4-5-10-15-11(13)8(2)12(16-10)17-7-6-14-9(17)3/h6-7H,4-5H2,1-3H3,(H2,13,15,16). The smallest absolute Gasteiger partial charge is 0.146 e. The monoisotopic (exact) mass is 231 g/mol. The first-order valence-electron chi connectivity index (χ1n) is 5.76. The zero-order valence-corrected chi connectivity index (χ0v) is 10.4. The zero-order valence-electron chi connectivity index (χ0n) is 10.4. The van der Waals surface area contributed by atoms with E-state index in [9.17, 15) is 0 Å². The van der Waals surface area contributed by atoms with Gasteiger partial charge in [-0.2, -0.15) is 0 Å². The van der Waals surface area contributed by atoms with Gasteiger partial charge in [0, 0.05) is 24.4 Å². The van der Waals surface area contributed by atoms with Crippen molar-refractivity contribution in [3.05, 3.63) is 29.6 Å². The van der Waals surface area contributed by atoms with Crippen LogP contribution in [0.1, 0.15) is 30.6 Å². The number of aromatic nitrogens is 4. The van der Waals surface area contributed by atoms with Crippen molar-refractivity contribution in [3.63, 3.8) is 0 Å². The summed E-state index contributed by atoms with van der Waals surface area (Å²) in [6.07, 6.45) is 5.49. The second-order valence-corrected chi connectivity index (χ2v) is 4.07. The fraction of sp³-hybridized carbons (Fsp3) is 0.417. The Kier molecular flexibility index (Phi) is 3.08. The summed E-state index contributed by atoms with van der Waals surface area (Å²) in [6.45, 7) is 5.97. The molecule has 17 heavy (non-hydrogen) atoms. The molecule has 90 valence electrons. The van der Waals surface area contributed by atoms with Crippen molar-refractivity contribution in [3.8, 4) is 5.82 Å². The van der Waals surface area contributed by atoms with Gasteiger partial charge in [0.25, 0.3) is 0 Å². The van der Waals surface area contributed by atoms with Crippen molar-refractivity contribution in [2.45, 2.75) is 33.6 Å². The van der Waals surface area contributed by atoms with Gasteiger partial charge in [0.05, 0.1) is 0 Å². The lowest BCUT2D eigenvalue weighted by Gasteiger charge is -2.11. The molecule has 0 unspecified atom stereocenters. The second kappa shape index (κ2) is 4.53. The number of nitrogens with two attached hydrogens (primary N) is 1. The molecule has 0 aromatic carbocycles. The predicted molar refractivity (Wildman–Crippen MR) is 67.0 cm³/mol. The fourth-order valence-electron chi connectivity index (χ4n) is 1.74. The summed E-state index contributed by atoms with van der Waals surface area (Å²) in [7, 11) is 0. The van der Waals surface area contributed by atoms with Gasteiger partial charge < -0.3 is 5.73 Å². The van der Waals surface area contributed by atoms with Crippen LogP contribution in [0.2, 0.25) is 0 Å². The summed E-state index contributed by atoms with van der Waals surface area (Å²) in [4.78, 5) is 13.1. The van der Waals surface area contributed by atoms with Crippen LogP contribution >= 0.6 is 0 Å². The number of aryl methyl sites for hydroxylation is 2. The number of hydrogen-bond donors (Lipinski definition) is 1. The lowest BCUT2D eigenvalue weighted by molar-refractivity contribution is 0.807. The van der Waals surface area contributed by atoms with Crippen molar-refractivity contribution in [2.24, 2.45) is 0 Å². The van der Waals surface area contributed by atoms with Crippen LogP contribution in [0, 0.1) is 13.8 Å². The lowest BCUT2D eigenvalue weighted by atomic mass is 10.2. The molecule has 0 aliphatic carbocycles. The number of rotatable bonds is 3. The van der Waals surface area contributed by atoms with E-state index in [2.05, 4.69) is 21.9 Å². The molecule has 2 aromatic rings. The Morgan fingerprint density at radius 3 is 2.65 bits per heavy atom. The molecule has 2 heterocycles. The van der Waals surface area contributed by atoms with Crippen LogP contribution in [0.3, 0.4) is 0 Å². The van der Waals surface area contributed by atoms with Crippen LogP contribution in [-0.4, -0.2) is 19.5 Å². The molecular formula is C12H17N5. The van der Waals surface area contributed by atoms with E-state index in [4.69, 9.17) is 5.73 Å². The van der Waals surface area contributed by atoms with E-state index in [-0.39, 0.29) is 0 Å². The zero-order chi connectivity index (χ0) is 12.4. The Hall–Kier alpha value is -1.91. The third-order valence-corrected chi connectivity index (χ3v) is 2.73. The molecule has 0 saturated carbocycles. The largest absolute Gasteiger partial charge is 0.383 e. The second-order valence-electron chi connectivity index (χ2n) is 4.07. The van der Waals surface area contributed by atoms with Gasteiger partial charge in [-0.15, -0.1) is 0 Å². The van der Waals surface area contributed by atoms with Crippen LogP contribution in [0.15, 0.2) is 12.4 Å². The Balaban J connectivity index is 2.56. The van der Waals surface area contributed by atoms with Gasteiger partial charge in [0.1, 0.15) is 23.3 Å². The molecule has 5 heteroatoms. The molecule has 0 atom stereocenters. The van der Waals surface area contributed by atoms with Crippen LogP contribution in [0.25, 0.3) is 5.82 Å². The predicted octanol–water partition coefficient (Wildman–Crippen LogP) is 1.81. The Morgan fingerprint density at radius 1 is 1.29 bits per heavy atom. The van der Waals surface area contributed by atoms with E-state index < -0.39 is 0 Å². The van der Waals surface area contributed by atoms with E-state index in [1.807, 2.05) is 24.6 Å². The first kappa shape index (κ1) is 11.6. The van der Waals surface area contributed by atoms with Gasteiger partial charge in [-0.1, -0.05) is 6.92 Å². The van der Waals surface area contributed by atoms with Gasteiger partial charge in [0.15, 0.2) is 0 Å². The normalized spacial score (nSPS) is 10.8. The minimum Gasteiger partial charge on any atom is -0.383 e. The lowest BCUT2D eigenvalue weighted by Crippen LogP contribution is -2.09. The molecule has 0 aliphatic heterocycles. The van der Waals surface area contributed by atoms with Gasteiger partial charge in [-0.3, -0.25) is 4.57 Å². The molecular weight excluding hydrogens is 214 g/mol. The highest BCUT2D eigenvalue weighted by Crippen LogP contribution is 2.18. The van der Waals surface area contributed by atoms with E-state index in [1.165, 1.54) is 0 Å². The molecule has 0 spiro atoms. The van der Waals surface area contributed by atoms with Crippen molar-refractivity contribution < 1.29 is 0 Å². The van der Waals surface area contributed by atoms with E-state index >= 15 is 0 Å². The van der Waals surface area contributed by atoms with E-state index in [1.54, 1.807) is 6.20 Å². The maximum Gasteiger partial charge on any atom is 0.146 e. The fourth-order valence-corrected chi connectivity index (χ4v) is 1.74. The summed E-state index contributed by atoms with van der Waals surface area (Å²) in [5.74, 6) is 3.06.